The minimum atomic E-state index is -3.97. The molecule has 0 unspecified atom stereocenters. The molecule has 0 atom stereocenters. The van der Waals surface area contributed by atoms with Gasteiger partial charge < -0.3 is 4.74 Å². The SMILES string of the molecule is CCOc1ccc(N2CCCCS2(=O)=O)cc1S(=O)(=O)Nc1ccc(C)cc1. The molecule has 2 aromatic carbocycles. The van der Waals surface area contributed by atoms with E-state index in [1.54, 1.807) is 37.3 Å². The predicted molar refractivity (Wildman–Crippen MR) is 110 cm³/mol. The first-order chi connectivity index (χ1) is 13.2. The van der Waals surface area contributed by atoms with E-state index >= 15 is 0 Å². The van der Waals surface area contributed by atoms with Crippen molar-refractivity contribution in [1.29, 1.82) is 0 Å². The Bertz CT molecular complexity index is 1050. The quantitative estimate of drug-likeness (QED) is 0.769. The molecule has 1 aliphatic rings. The van der Waals surface area contributed by atoms with Gasteiger partial charge in [-0.1, -0.05) is 17.7 Å². The van der Waals surface area contributed by atoms with E-state index in [0.717, 1.165) is 12.0 Å². The maximum absolute atomic E-state index is 13.0. The Morgan fingerprint density at radius 1 is 1.11 bits per heavy atom. The van der Waals surface area contributed by atoms with Crippen LogP contribution in [-0.2, 0) is 20.0 Å². The highest BCUT2D eigenvalue weighted by molar-refractivity contribution is 7.93. The zero-order valence-corrected chi connectivity index (χ0v) is 17.5. The van der Waals surface area contributed by atoms with E-state index in [9.17, 15) is 16.8 Å². The van der Waals surface area contributed by atoms with Crippen LogP contribution in [0.15, 0.2) is 47.4 Å². The lowest BCUT2D eigenvalue weighted by molar-refractivity contribution is 0.331. The molecule has 0 spiro atoms. The van der Waals surface area contributed by atoms with Crippen LogP contribution in [0, 0.1) is 6.92 Å². The summed E-state index contributed by atoms with van der Waals surface area (Å²) in [5, 5.41) is 0. The molecule has 3 rings (SSSR count). The van der Waals surface area contributed by atoms with Crippen LogP contribution < -0.4 is 13.8 Å². The summed E-state index contributed by atoms with van der Waals surface area (Å²) in [6, 6.07) is 11.4. The molecule has 152 valence electrons. The standard InChI is InChI=1S/C19H24N2O5S2/c1-3-26-18-11-10-17(21-12-4-5-13-27(21,22)23)14-19(18)28(24,25)20-16-8-6-15(2)7-9-16/h6-11,14,20H,3-5,12-13H2,1-2H3. The Kier molecular flexibility index (Phi) is 5.85. The first-order valence-corrected chi connectivity index (χ1v) is 12.2. The van der Waals surface area contributed by atoms with Gasteiger partial charge in [0.05, 0.1) is 18.0 Å². The van der Waals surface area contributed by atoms with E-state index in [1.165, 1.54) is 16.4 Å². The van der Waals surface area contributed by atoms with Crippen molar-refractivity contribution in [3.05, 3.63) is 48.0 Å². The summed E-state index contributed by atoms with van der Waals surface area (Å²) < 4.78 is 60.1. The van der Waals surface area contributed by atoms with Gasteiger partial charge in [0, 0.05) is 12.2 Å². The van der Waals surface area contributed by atoms with Crippen molar-refractivity contribution in [1.82, 2.24) is 0 Å². The molecule has 7 nitrogen and oxygen atoms in total. The molecule has 1 fully saturated rings. The Labute approximate surface area is 166 Å². The maximum Gasteiger partial charge on any atom is 0.265 e. The fraction of sp³-hybridized carbons (Fsp3) is 0.368. The van der Waals surface area contributed by atoms with Gasteiger partial charge in [0.2, 0.25) is 10.0 Å². The molecule has 0 saturated carbocycles. The van der Waals surface area contributed by atoms with Crippen molar-refractivity contribution >= 4 is 31.4 Å². The van der Waals surface area contributed by atoms with E-state index in [2.05, 4.69) is 4.72 Å². The number of nitrogens with zero attached hydrogens (tertiary/aromatic N) is 1. The normalized spacial score (nSPS) is 16.6. The lowest BCUT2D eigenvalue weighted by Gasteiger charge is -2.28. The number of ether oxygens (including phenoxy) is 1. The number of sulfonamides is 2. The highest BCUT2D eigenvalue weighted by atomic mass is 32.2. The molecule has 0 aliphatic carbocycles. The van der Waals surface area contributed by atoms with Gasteiger partial charge in [0.1, 0.15) is 10.6 Å². The van der Waals surface area contributed by atoms with Crippen LogP contribution in [0.4, 0.5) is 11.4 Å². The molecule has 1 saturated heterocycles. The lowest BCUT2D eigenvalue weighted by Crippen LogP contribution is -2.37. The van der Waals surface area contributed by atoms with Crippen LogP contribution in [0.25, 0.3) is 0 Å². The lowest BCUT2D eigenvalue weighted by atomic mass is 10.2. The van der Waals surface area contributed by atoms with Gasteiger partial charge in [-0.25, -0.2) is 16.8 Å². The molecule has 0 aromatic heterocycles. The van der Waals surface area contributed by atoms with E-state index in [-0.39, 0.29) is 23.0 Å². The van der Waals surface area contributed by atoms with Crippen LogP contribution in [0.3, 0.4) is 0 Å². The van der Waals surface area contributed by atoms with Crippen molar-refractivity contribution in [2.24, 2.45) is 0 Å². The highest BCUT2D eigenvalue weighted by Gasteiger charge is 2.28. The smallest absolute Gasteiger partial charge is 0.265 e. The zero-order chi connectivity index (χ0) is 20.4. The highest BCUT2D eigenvalue weighted by Crippen LogP contribution is 2.33. The van der Waals surface area contributed by atoms with Crippen molar-refractivity contribution < 1.29 is 21.6 Å². The Hall–Kier alpha value is -2.26. The van der Waals surface area contributed by atoms with Gasteiger partial charge in [0.15, 0.2) is 0 Å². The van der Waals surface area contributed by atoms with Crippen molar-refractivity contribution in [2.75, 3.05) is 27.9 Å². The summed E-state index contributed by atoms with van der Waals surface area (Å²) in [7, 11) is -7.42. The molecule has 28 heavy (non-hydrogen) atoms. The first-order valence-electron chi connectivity index (χ1n) is 9.10. The third kappa shape index (κ3) is 4.41. The predicted octanol–water partition coefficient (Wildman–Crippen LogP) is 3.12. The number of hydrogen-bond acceptors (Lipinski definition) is 5. The zero-order valence-electron chi connectivity index (χ0n) is 15.9. The van der Waals surface area contributed by atoms with Crippen LogP contribution in [0.2, 0.25) is 0 Å². The summed E-state index contributed by atoms with van der Waals surface area (Å²) in [5.74, 6) is 0.240. The average Bonchev–Trinajstić information content (AvgIpc) is 2.64. The number of aryl methyl sites for hydroxylation is 1. The largest absolute Gasteiger partial charge is 0.492 e. The minimum absolute atomic E-state index is 0.0594. The van der Waals surface area contributed by atoms with Crippen molar-refractivity contribution in [2.45, 2.75) is 31.6 Å². The third-order valence-electron chi connectivity index (χ3n) is 4.46. The molecule has 1 heterocycles. The molecule has 1 N–H and O–H groups in total. The Morgan fingerprint density at radius 3 is 2.46 bits per heavy atom. The molecular formula is C19H24N2O5S2. The first kappa shape index (κ1) is 20.5. The summed E-state index contributed by atoms with van der Waals surface area (Å²) in [4.78, 5) is -0.0896. The number of rotatable bonds is 6. The third-order valence-corrected chi connectivity index (χ3v) is 7.73. The maximum atomic E-state index is 13.0. The van der Waals surface area contributed by atoms with Crippen LogP contribution in [-0.4, -0.2) is 35.7 Å². The second-order valence-electron chi connectivity index (χ2n) is 6.63. The number of hydrogen-bond donors (Lipinski definition) is 1. The topological polar surface area (TPSA) is 92.8 Å². The average molecular weight is 425 g/mol. The van der Waals surface area contributed by atoms with E-state index in [4.69, 9.17) is 4.74 Å². The summed E-state index contributed by atoms with van der Waals surface area (Å²) in [6.45, 7) is 4.29. The van der Waals surface area contributed by atoms with E-state index in [1.807, 2.05) is 6.92 Å². The molecule has 0 bridgehead atoms. The fourth-order valence-corrected chi connectivity index (χ4v) is 5.90. The van der Waals surface area contributed by atoms with Gasteiger partial charge >= 0.3 is 0 Å². The summed E-state index contributed by atoms with van der Waals surface area (Å²) in [6.07, 6.45) is 1.34. The monoisotopic (exact) mass is 424 g/mol. The molecule has 1 aliphatic heterocycles. The second-order valence-corrected chi connectivity index (χ2v) is 10.3. The van der Waals surface area contributed by atoms with Gasteiger partial charge in [-0.2, -0.15) is 0 Å². The van der Waals surface area contributed by atoms with Gasteiger partial charge in [-0.05, 0) is 57.0 Å². The number of benzene rings is 2. The van der Waals surface area contributed by atoms with Crippen molar-refractivity contribution in [3.63, 3.8) is 0 Å². The molecule has 9 heteroatoms. The molecule has 0 amide bonds. The molecule has 2 aromatic rings. The molecular weight excluding hydrogens is 400 g/mol. The van der Waals surface area contributed by atoms with E-state index < -0.39 is 20.0 Å². The van der Waals surface area contributed by atoms with Crippen LogP contribution in [0.1, 0.15) is 25.3 Å². The van der Waals surface area contributed by atoms with Gasteiger partial charge in [0.25, 0.3) is 10.0 Å². The summed E-state index contributed by atoms with van der Waals surface area (Å²) in [5.41, 5.74) is 1.76. The number of nitrogens with one attached hydrogen (secondary N) is 1. The van der Waals surface area contributed by atoms with Crippen LogP contribution >= 0.6 is 0 Å². The fourth-order valence-electron chi connectivity index (χ4n) is 3.05. The minimum Gasteiger partial charge on any atom is -0.492 e. The molecule has 0 radical (unpaired) electrons. The van der Waals surface area contributed by atoms with E-state index in [0.29, 0.717) is 24.3 Å². The number of anilines is 2. The Morgan fingerprint density at radius 2 is 1.82 bits per heavy atom. The van der Waals surface area contributed by atoms with Gasteiger partial charge in [-0.3, -0.25) is 9.03 Å². The second kappa shape index (κ2) is 8.00. The Balaban J connectivity index is 2.02. The van der Waals surface area contributed by atoms with Crippen LogP contribution in [0.5, 0.6) is 5.75 Å². The summed E-state index contributed by atoms with van der Waals surface area (Å²) >= 11 is 0. The van der Waals surface area contributed by atoms with Crippen molar-refractivity contribution in [3.8, 4) is 5.75 Å². The van der Waals surface area contributed by atoms with Gasteiger partial charge in [-0.15, -0.1) is 0 Å².